The number of guanidine groups is 1. The van der Waals surface area contributed by atoms with Gasteiger partial charge in [0, 0.05) is 26.2 Å². The van der Waals surface area contributed by atoms with Crippen LogP contribution in [-0.4, -0.2) is 71.3 Å². The summed E-state index contributed by atoms with van der Waals surface area (Å²) < 4.78 is 35.1. The Bertz CT molecular complexity index is 1070. The lowest BCUT2D eigenvalue weighted by Crippen LogP contribution is -2.44. The molecule has 220 valence electrons. The van der Waals surface area contributed by atoms with Gasteiger partial charge in [0.05, 0.1) is 25.0 Å². The van der Waals surface area contributed by atoms with Crippen LogP contribution < -0.4 is 32.1 Å². The topological polar surface area (TPSA) is 156 Å². The minimum atomic E-state index is -0.512. The number of ether oxygens (including phenoxy) is 2. The standard InChI is InChI=1S/C20H35N9O3.C6H4F2/c1-20(2,3)32-19(30)25-15-6-9-29(12-15)18-23-10-16(11-24-18)31-13-14-4-7-28(8-5-14)17(21)26-27-22;7-5-1-2-6(8)4-3-5/h10-11,14-15,27H,4-9,12-13,22H2,1-3H3,(H2,21,26)(H,25,30);1-4H. The van der Waals surface area contributed by atoms with Crippen LogP contribution >= 0.6 is 0 Å². The average Bonchev–Trinajstić information content (AvgIpc) is 3.37. The van der Waals surface area contributed by atoms with Crippen molar-refractivity contribution in [3.05, 3.63) is 48.3 Å². The largest absolute Gasteiger partial charge is 0.490 e. The number of carbonyl (C=O) groups is 1. The minimum absolute atomic E-state index is 0.00922. The van der Waals surface area contributed by atoms with Crippen LogP contribution in [0.1, 0.15) is 40.0 Å². The molecule has 1 amide bonds. The van der Waals surface area contributed by atoms with Crippen molar-refractivity contribution < 1.29 is 23.0 Å². The summed E-state index contributed by atoms with van der Waals surface area (Å²) in [5.41, 5.74) is 7.56. The van der Waals surface area contributed by atoms with E-state index in [4.69, 9.17) is 21.1 Å². The maximum absolute atomic E-state index is 12.0. The predicted molar refractivity (Wildman–Crippen MR) is 147 cm³/mol. The van der Waals surface area contributed by atoms with Gasteiger partial charge in [0.2, 0.25) is 11.9 Å². The summed E-state index contributed by atoms with van der Waals surface area (Å²) >= 11 is 0. The third-order valence-corrected chi connectivity index (χ3v) is 6.21. The van der Waals surface area contributed by atoms with Gasteiger partial charge in [-0.3, -0.25) is 0 Å². The van der Waals surface area contributed by atoms with Gasteiger partial charge in [0.1, 0.15) is 17.2 Å². The highest BCUT2D eigenvalue weighted by molar-refractivity contribution is 5.77. The summed E-state index contributed by atoms with van der Waals surface area (Å²) in [6.45, 7) is 9.19. The quantitative estimate of drug-likeness (QED) is 0.178. The third kappa shape index (κ3) is 10.3. The highest BCUT2D eigenvalue weighted by Crippen LogP contribution is 2.21. The SMILES string of the molecule is CC(C)(C)OC(=O)NC1CCN(c2ncc(OCC3CCN(/C(N)=N/NN)CC3)cn2)C1.Fc1ccc(F)cc1. The second kappa shape index (κ2) is 14.4. The molecule has 0 saturated carbocycles. The summed E-state index contributed by atoms with van der Waals surface area (Å²) in [5.74, 6) is 6.46. The van der Waals surface area contributed by atoms with Crippen molar-refractivity contribution in [1.82, 2.24) is 25.7 Å². The van der Waals surface area contributed by atoms with Crippen molar-refractivity contribution in [3.8, 4) is 5.75 Å². The van der Waals surface area contributed by atoms with Gasteiger partial charge < -0.3 is 30.3 Å². The number of benzene rings is 1. The maximum atomic E-state index is 12.0. The van der Waals surface area contributed by atoms with Crippen molar-refractivity contribution in [2.45, 2.75) is 51.7 Å². The van der Waals surface area contributed by atoms with E-state index in [2.05, 4.69) is 25.9 Å². The van der Waals surface area contributed by atoms with E-state index in [1.165, 1.54) is 0 Å². The van der Waals surface area contributed by atoms with E-state index < -0.39 is 23.3 Å². The Morgan fingerprint density at radius 2 is 1.68 bits per heavy atom. The lowest BCUT2D eigenvalue weighted by molar-refractivity contribution is 0.0509. The number of aromatic nitrogens is 2. The van der Waals surface area contributed by atoms with Crippen LogP contribution in [0.25, 0.3) is 0 Å². The number of hydrazone groups is 1. The summed E-state index contributed by atoms with van der Waals surface area (Å²) in [4.78, 5) is 24.9. The second-order valence-corrected chi connectivity index (χ2v) is 10.6. The molecule has 1 atom stereocenters. The van der Waals surface area contributed by atoms with E-state index in [1.807, 2.05) is 30.6 Å². The number of hydrazine groups is 1. The molecular formula is C26H39F2N9O3. The number of piperidine rings is 1. The zero-order chi connectivity index (χ0) is 29.1. The molecule has 40 heavy (non-hydrogen) atoms. The summed E-state index contributed by atoms with van der Waals surface area (Å²) in [5, 5.41) is 6.72. The summed E-state index contributed by atoms with van der Waals surface area (Å²) in [6, 6.07) is 4.32. The van der Waals surface area contributed by atoms with Crippen LogP contribution in [0.2, 0.25) is 0 Å². The molecule has 0 bridgehead atoms. The number of hydrogen-bond acceptors (Lipinski definition) is 9. The van der Waals surface area contributed by atoms with Crippen LogP contribution in [0.5, 0.6) is 5.75 Å². The van der Waals surface area contributed by atoms with Crippen LogP contribution in [0.4, 0.5) is 19.5 Å². The fourth-order valence-corrected chi connectivity index (χ4v) is 4.19. The molecule has 2 saturated heterocycles. The Kier molecular flexibility index (Phi) is 11.1. The van der Waals surface area contributed by atoms with E-state index in [1.54, 1.807) is 12.4 Å². The van der Waals surface area contributed by atoms with Crippen LogP contribution in [0, 0.1) is 17.6 Å². The summed E-state index contributed by atoms with van der Waals surface area (Å²) in [6.07, 6.45) is 5.73. The molecule has 1 aromatic heterocycles. The normalized spacial score (nSPS) is 18.1. The zero-order valence-corrected chi connectivity index (χ0v) is 23.1. The van der Waals surface area contributed by atoms with Gasteiger partial charge >= 0.3 is 6.09 Å². The predicted octanol–water partition coefficient (Wildman–Crippen LogP) is 2.33. The number of nitrogens with zero attached hydrogens (tertiary/aromatic N) is 5. The fraction of sp³-hybridized carbons (Fsp3) is 0.538. The van der Waals surface area contributed by atoms with E-state index in [-0.39, 0.29) is 6.04 Å². The van der Waals surface area contributed by atoms with E-state index in [0.29, 0.717) is 36.7 Å². The van der Waals surface area contributed by atoms with Gasteiger partial charge in [0.25, 0.3) is 0 Å². The van der Waals surface area contributed by atoms with E-state index in [0.717, 1.165) is 63.2 Å². The Morgan fingerprint density at radius 3 is 2.23 bits per heavy atom. The van der Waals surface area contributed by atoms with Crippen LogP contribution in [-0.2, 0) is 4.74 Å². The lowest BCUT2D eigenvalue weighted by Gasteiger charge is -2.32. The number of nitrogens with two attached hydrogens (primary N) is 2. The first-order valence-electron chi connectivity index (χ1n) is 13.2. The van der Waals surface area contributed by atoms with Crippen molar-refractivity contribution in [2.75, 3.05) is 37.7 Å². The van der Waals surface area contributed by atoms with Gasteiger partial charge in [-0.05, 0) is 70.2 Å². The summed E-state index contributed by atoms with van der Waals surface area (Å²) in [7, 11) is 0. The molecule has 2 aromatic rings. The van der Waals surface area contributed by atoms with Gasteiger partial charge in [-0.2, -0.15) is 0 Å². The van der Waals surface area contributed by atoms with Crippen molar-refractivity contribution in [2.24, 2.45) is 22.6 Å². The molecule has 2 aliphatic heterocycles. The number of carbonyl (C=O) groups excluding carboxylic acids is 1. The maximum Gasteiger partial charge on any atom is 0.407 e. The highest BCUT2D eigenvalue weighted by Gasteiger charge is 2.27. The molecule has 1 unspecified atom stereocenters. The smallest absolute Gasteiger partial charge is 0.407 e. The fourth-order valence-electron chi connectivity index (χ4n) is 4.19. The number of nitrogens with one attached hydrogen (secondary N) is 2. The number of hydrogen-bond donors (Lipinski definition) is 4. The van der Waals surface area contributed by atoms with Crippen molar-refractivity contribution in [3.63, 3.8) is 0 Å². The molecule has 2 fully saturated rings. The third-order valence-electron chi connectivity index (χ3n) is 6.21. The minimum Gasteiger partial charge on any atom is -0.490 e. The average molecular weight is 564 g/mol. The molecule has 2 aliphatic rings. The van der Waals surface area contributed by atoms with Crippen LogP contribution in [0.3, 0.4) is 0 Å². The molecular weight excluding hydrogens is 524 g/mol. The van der Waals surface area contributed by atoms with Gasteiger partial charge in [-0.15, -0.1) is 5.10 Å². The number of anilines is 1. The first-order chi connectivity index (χ1) is 19.0. The Hall–Kier alpha value is -3.94. The molecule has 0 aliphatic carbocycles. The monoisotopic (exact) mass is 563 g/mol. The molecule has 6 N–H and O–H groups in total. The second-order valence-electron chi connectivity index (χ2n) is 10.6. The highest BCUT2D eigenvalue weighted by atomic mass is 19.1. The van der Waals surface area contributed by atoms with Crippen molar-refractivity contribution in [1.29, 1.82) is 0 Å². The van der Waals surface area contributed by atoms with Gasteiger partial charge in [-0.1, -0.05) is 0 Å². The number of halogens is 2. The molecule has 0 spiro atoms. The first kappa shape index (κ1) is 30.6. The van der Waals surface area contributed by atoms with Crippen LogP contribution in [0.15, 0.2) is 41.8 Å². The Morgan fingerprint density at radius 1 is 1.07 bits per heavy atom. The van der Waals surface area contributed by atoms with Gasteiger partial charge in [0.15, 0.2) is 5.75 Å². The van der Waals surface area contributed by atoms with Crippen molar-refractivity contribution >= 4 is 18.0 Å². The molecule has 0 radical (unpaired) electrons. The van der Waals surface area contributed by atoms with Gasteiger partial charge in [-0.25, -0.2) is 34.9 Å². The zero-order valence-electron chi connectivity index (χ0n) is 23.1. The van der Waals surface area contributed by atoms with E-state index in [9.17, 15) is 13.6 Å². The Labute approximate surface area is 233 Å². The molecule has 12 nitrogen and oxygen atoms in total. The number of likely N-dealkylation sites (tertiary alicyclic amines) is 1. The Balaban J connectivity index is 0.000000472. The number of amides is 1. The number of alkyl carbamates (subject to hydrolysis) is 1. The lowest BCUT2D eigenvalue weighted by atomic mass is 9.98. The molecule has 14 heteroatoms. The van der Waals surface area contributed by atoms with E-state index >= 15 is 0 Å². The molecule has 4 rings (SSSR count). The number of rotatable bonds is 6. The molecule has 1 aromatic carbocycles. The first-order valence-corrected chi connectivity index (χ1v) is 13.2. The molecule has 3 heterocycles.